The molecule has 0 bridgehead atoms. The standard InChI is InChI=1S/C22H24ClN3O4S2/c1-2-26-19-10-9-18(12-20(19)31-22(26)28)24-21(27)16-4-3-11-25(13-16)32(29,30)14-15-5-7-17(23)8-6-15/h5-10,12,16H,2-4,11,13-14H2,1H3,(H,24,27)/t16-/m0/s1. The van der Waals surface area contributed by atoms with Gasteiger partial charge < -0.3 is 5.32 Å². The number of hydrogen-bond acceptors (Lipinski definition) is 5. The number of aromatic nitrogens is 1. The number of nitrogens with one attached hydrogen (secondary N) is 1. The van der Waals surface area contributed by atoms with Crippen molar-refractivity contribution in [3.8, 4) is 0 Å². The third-order valence-corrected chi connectivity index (χ3v) is 8.67. The summed E-state index contributed by atoms with van der Waals surface area (Å²) >= 11 is 7.03. The van der Waals surface area contributed by atoms with E-state index in [1.165, 1.54) is 4.31 Å². The molecule has 1 atom stereocenters. The summed E-state index contributed by atoms with van der Waals surface area (Å²) in [6.07, 6.45) is 1.25. The quantitative estimate of drug-likeness (QED) is 0.563. The molecule has 1 saturated heterocycles. The molecule has 0 spiro atoms. The van der Waals surface area contributed by atoms with Gasteiger partial charge in [-0.15, -0.1) is 0 Å². The summed E-state index contributed by atoms with van der Waals surface area (Å²) < 4.78 is 29.7. The fraction of sp³-hybridized carbons (Fsp3) is 0.364. The van der Waals surface area contributed by atoms with Gasteiger partial charge in [0.1, 0.15) is 0 Å². The molecule has 3 aromatic rings. The largest absolute Gasteiger partial charge is 0.326 e. The summed E-state index contributed by atoms with van der Waals surface area (Å²) in [5, 5.41) is 3.45. The maximum absolute atomic E-state index is 12.9. The van der Waals surface area contributed by atoms with Crippen molar-refractivity contribution in [2.75, 3.05) is 18.4 Å². The van der Waals surface area contributed by atoms with Crippen LogP contribution in [-0.2, 0) is 27.1 Å². The predicted molar refractivity (Wildman–Crippen MR) is 129 cm³/mol. The van der Waals surface area contributed by atoms with E-state index in [1.807, 2.05) is 13.0 Å². The van der Waals surface area contributed by atoms with E-state index in [4.69, 9.17) is 11.6 Å². The van der Waals surface area contributed by atoms with Crippen LogP contribution in [0.3, 0.4) is 0 Å². The summed E-state index contributed by atoms with van der Waals surface area (Å²) in [7, 11) is -3.55. The minimum atomic E-state index is -3.55. The van der Waals surface area contributed by atoms with Crippen LogP contribution in [0.15, 0.2) is 47.3 Å². The lowest BCUT2D eigenvalue weighted by Crippen LogP contribution is -2.44. The van der Waals surface area contributed by atoms with Gasteiger partial charge in [-0.3, -0.25) is 14.2 Å². The molecule has 10 heteroatoms. The summed E-state index contributed by atoms with van der Waals surface area (Å²) in [5.41, 5.74) is 2.11. The topological polar surface area (TPSA) is 88.5 Å². The highest BCUT2D eigenvalue weighted by atomic mass is 35.5. The Morgan fingerprint density at radius 2 is 1.97 bits per heavy atom. The SMILES string of the molecule is CCn1c(=O)sc2cc(NC(=O)[C@H]3CCCN(S(=O)(=O)Cc4ccc(Cl)cc4)C3)ccc21. The summed E-state index contributed by atoms with van der Waals surface area (Å²) in [6, 6.07) is 12.1. The molecule has 1 aliphatic heterocycles. The number of aryl methyl sites for hydroxylation is 1. The molecule has 1 aliphatic rings. The van der Waals surface area contributed by atoms with E-state index in [-0.39, 0.29) is 23.1 Å². The number of nitrogens with zero attached hydrogens (tertiary/aromatic N) is 2. The molecule has 0 aliphatic carbocycles. The molecule has 1 amide bonds. The molecular formula is C22H24ClN3O4S2. The number of hydrogen-bond donors (Lipinski definition) is 1. The minimum Gasteiger partial charge on any atom is -0.326 e. The van der Waals surface area contributed by atoms with Gasteiger partial charge in [0.2, 0.25) is 15.9 Å². The number of piperidine rings is 1. The fourth-order valence-electron chi connectivity index (χ4n) is 3.98. The predicted octanol–water partition coefficient (Wildman–Crippen LogP) is 3.92. The Bertz CT molecular complexity index is 1300. The molecule has 0 radical (unpaired) electrons. The van der Waals surface area contributed by atoms with Crippen LogP contribution in [0.25, 0.3) is 10.2 Å². The first-order valence-electron chi connectivity index (χ1n) is 10.4. The number of carbonyl (C=O) groups excluding carboxylic acids is 1. The average Bonchev–Trinajstić information content (AvgIpc) is 3.09. The van der Waals surface area contributed by atoms with Crippen LogP contribution in [0.2, 0.25) is 5.02 Å². The third kappa shape index (κ3) is 4.91. The smallest absolute Gasteiger partial charge is 0.308 e. The Kier molecular flexibility index (Phi) is 6.71. The lowest BCUT2D eigenvalue weighted by atomic mass is 9.98. The Balaban J connectivity index is 1.44. The number of benzene rings is 2. The molecule has 1 N–H and O–H groups in total. The first-order chi connectivity index (χ1) is 15.3. The van der Waals surface area contributed by atoms with Crippen molar-refractivity contribution < 1.29 is 13.2 Å². The van der Waals surface area contributed by atoms with E-state index in [2.05, 4.69) is 5.32 Å². The van der Waals surface area contributed by atoms with Crippen molar-refractivity contribution >= 4 is 54.8 Å². The van der Waals surface area contributed by atoms with Gasteiger partial charge in [-0.05, 0) is 55.7 Å². The molecule has 0 unspecified atom stereocenters. The molecule has 1 fully saturated rings. The number of fused-ring (bicyclic) bond motifs is 1. The fourth-order valence-corrected chi connectivity index (χ4v) is 6.71. The van der Waals surface area contributed by atoms with Gasteiger partial charge in [-0.1, -0.05) is 35.1 Å². The number of halogens is 1. The van der Waals surface area contributed by atoms with Crippen LogP contribution in [0.1, 0.15) is 25.3 Å². The zero-order valence-electron chi connectivity index (χ0n) is 17.6. The summed E-state index contributed by atoms with van der Waals surface area (Å²) in [6.45, 7) is 3.07. The zero-order chi connectivity index (χ0) is 22.9. The Labute approximate surface area is 195 Å². The highest BCUT2D eigenvalue weighted by Gasteiger charge is 2.32. The lowest BCUT2D eigenvalue weighted by molar-refractivity contribution is -0.120. The molecule has 4 rings (SSSR count). The zero-order valence-corrected chi connectivity index (χ0v) is 20.0. The van der Waals surface area contributed by atoms with E-state index < -0.39 is 15.9 Å². The molecule has 1 aromatic heterocycles. The second kappa shape index (κ2) is 9.35. The number of rotatable bonds is 6. The molecule has 0 saturated carbocycles. The van der Waals surface area contributed by atoms with E-state index in [0.29, 0.717) is 42.2 Å². The monoisotopic (exact) mass is 493 g/mol. The van der Waals surface area contributed by atoms with Crippen molar-refractivity contribution in [1.29, 1.82) is 0 Å². The summed E-state index contributed by atoms with van der Waals surface area (Å²) in [5.74, 6) is -0.765. The number of amides is 1. The van der Waals surface area contributed by atoms with Crippen molar-refractivity contribution in [2.45, 2.75) is 32.1 Å². The molecule has 170 valence electrons. The van der Waals surface area contributed by atoms with E-state index in [1.54, 1.807) is 41.0 Å². The van der Waals surface area contributed by atoms with Gasteiger partial charge in [0, 0.05) is 30.3 Å². The van der Waals surface area contributed by atoms with Crippen molar-refractivity contribution in [3.63, 3.8) is 0 Å². The molecular weight excluding hydrogens is 470 g/mol. The van der Waals surface area contributed by atoms with E-state index in [9.17, 15) is 18.0 Å². The molecule has 32 heavy (non-hydrogen) atoms. The van der Waals surface area contributed by atoms with Crippen LogP contribution in [0.4, 0.5) is 5.69 Å². The van der Waals surface area contributed by atoms with Crippen LogP contribution >= 0.6 is 22.9 Å². The lowest BCUT2D eigenvalue weighted by Gasteiger charge is -2.31. The highest BCUT2D eigenvalue weighted by Crippen LogP contribution is 2.25. The molecule has 2 heterocycles. The second-order valence-corrected chi connectivity index (χ2v) is 11.3. The highest BCUT2D eigenvalue weighted by molar-refractivity contribution is 7.88. The van der Waals surface area contributed by atoms with Gasteiger partial charge in [-0.25, -0.2) is 12.7 Å². The van der Waals surface area contributed by atoms with Crippen molar-refractivity contribution in [2.24, 2.45) is 5.92 Å². The van der Waals surface area contributed by atoms with E-state index >= 15 is 0 Å². The first-order valence-corrected chi connectivity index (χ1v) is 13.2. The van der Waals surface area contributed by atoms with Gasteiger partial charge in [-0.2, -0.15) is 0 Å². The number of thiazole rings is 1. The molecule has 2 aromatic carbocycles. The maximum Gasteiger partial charge on any atom is 0.308 e. The van der Waals surface area contributed by atoms with Gasteiger partial charge in [0.05, 0.1) is 21.9 Å². The van der Waals surface area contributed by atoms with Crippen molar-refractivity contribution in [1.82, 2.24) is 8.87 Å². The van der Waals surface area contributed by atoms with Crippen LogP contribution < -0.4 is 10.2 Å². The van der Waals surface area contributed by atoms with Crippen LogP contribution in [0.5, 0.6) is 0 Å². The third-order valence-electron chi connectivity index (χ3n) is 5.66. The Hall–Kier alpha value is -2.20. The number of carbonyl (C=O) groups is 1. The first kappa shape index (κ1) is 23.0. The average molecular weight is 494 g/mol. The number of anilines is 1. The van der Waals surface area contributed by atoms with Crippen LogP contribution in [-0.4, -0.2) is 36.3 Å². The maximum atomic E-state index is 12.9. The Morgan fingerprint density at radius 3 is 2.69 bits per heavy atom. The summed E-state index contributed by atoms with van der Waals surface area (Å²) in [4.78, 5) is 24.9. The van der Waals surface area contributed by atoms with Crippen molar-refractivity contribution in [3.05, 3.63) is 62.7 Å². The minimum absolute atomic E-state index is 0.0280. The van der Waals surface area contributed by atoms with E-state index in [0.717, 1.165) is 21.6 Å². The van der Waals surface area contributed by atoms with Gasteiger partial charge in [0.25, 0.3) is 0 Å². The molecule has 7 nitrogen and oxygen atoms in total. The number of sulfonamides is 1. The Morgan fingerprint density at radius 1 is 1.22 bits per heavy atom. The van der Waals surface area contributed by atoms with Crippen LogP contribution in [0, 0.1) is 5.92 Å². The normalized spacial score (nSPS) is 17.5. The van der Waals surface area contributed by atoms with Gasteiger partial charge >= 0.3 is 4.87 Å². The second-order valence-electron chi connectivity index (χ2n) is 7.86. The van der Waals surface area contributed by atoms with Gasteiger partial charge in [0.15, 0.2) is 0 Å².